The number of carbonyl (C=O) groups excluding carboxylic acids is 2. The largest absolute Gasteiger partial charge is 0.457 e. The molecule has 0 atom stereocenters. The zero-order valence-corrected chi connectivity index (χ0v) is 16.1. The zero-order valence-electron chi connectivity index (χ0n) is 16.1. The van der Waals surface area contributed by atoms with Crippen molar-refractivity contribution in [3.63, 3.8) is 0 Å². The second kappa shape index (κ2) is 10.1. The average molecular weight is 390 g/mol. The predicted molar refractivity (Wildman–Crippen MR) is 112 cm³/mol. The van der Waals surface area contributed by atoms with Crippen LogP contribution in [0, 0.1) is 0 Å². The first-order valence-electron chi connectivity index (χ1n) is 9.17. The molecule has 0 fully saturated rings. The molecule has 0 saturated carbocycles. The standard InChI is InChI=1S/C23H22N2O4/c1-28-15-14-24-22(26)17-6-5-7-18(16-17)23(27)25-19-10-12-21(13-11-19)29-20-8-3-2-4-9-20/h2-13,16H,14-15H2,1H3,(H,24,26)(H,25,27). The lowest BCUT2D eigenvalue weighted by Gasteiger charge is -2.09. The van der Waals surface area contributed by atoms with Crippen LogP contribution in [-0.4, -0.2) is 32.1 Å². The van der Waals surface area contributed by atoms with Crippen LogP contribution in [0.4, 0.5) is 5.69 Å². The van der Waals surface area contributed by atoms with Crippen LogP contribution in [0.5, 0.6) is 11.5 Å². The average Bonchev–Trinajstić information content (AvgIpc) is 2.76. The molecule has 0 spiro atoms. The quantitative estimate of drug-likeness (QED) is 0.568. The molecule has 0 heterocycles. The van der Waals surface area contributed by atoms with E-state index < -0.39 is 0 Å². The van der Waals surface area contributed by atoms with Crippen LogP contribution in [-0.2, 0) is 4.74 Å². The number of nitrogens with one attached hydrogen (secondary N) is 2. The molecule has 0 saturated heterocycles. The number of amides is 2. The number of anilines is 1. The van der Waals surface area contributed by atoms with Crippen molar-refractivity contribution in [3.05, 3.63) is 90.0 Å². The number of carbonyl (C=O) groups is 2. The number of hydrogen-bond donors (Lipinski definition) is 2. The molecule has 0 bridgehead atoms. The Morgan fingerprint density at radius 3 is 2.14 bits per heavy atom. The molecule has 29 heavy (non-hydrogen) atoms. The van der Waals surface area contributed by atoms with Crippen LogP contribution in [0.2, 0.25) is 0 Å². The summed E-state index contributed by atoms with van der Waals surface area (Å²) in [6.07, 6.45) is 0. The van der Waals surface area contributed by atoms with Crippen LogP contribution in [0.25, 0.3) is 0 Å². The molecule has 0 aliphatic rings. The number of hydrogen-bond acceptors (Lipinski definition) is 4. The van der Waals surface area contributed by atoms with Crippen LogP contribution >= 0.6 is 0 Å². The lowest BCUT2D eigenvalue weighted by atomic mass is 10.1. The molecule has 0 aliphatic heterocycles. The van der Waals surface area contributed by atoms with Crippen molar-refractivity contribution in [2.24, 2.45) is 0 Å². The summed E-state index contributed by atoms with van der Waals surface area (Å²) in [7, 11) is 1.57. The summed E-state index contributed by atoms with van der Waals surface area (Å²) < 4.78 is 10.6. The number of para-hydroxylation sites is 1. The fraction of sp³-hybridized carbons (Fsp3) is 0.130. The summed E-state index contributed by atoms with van der Waals surface area (Å²) in [6, 6.07) is 23.1. The Morgan fingerprint density at radius 2 is 1.45 bits per heavy atom. The lowest BCUT2D eigenvalue weighted by molar-refractivity contribution is 0.0937. The summed E-state index contributed by atoms with van der Waals surface area (Å²) in [6.45, 7) is 0.832. The van der Waals surface area contributed by atoms with Gasteiger partial charge in [0.1, 0.15) is 11.5 Å². The van der Waals surface area contributed by atoms with Crippen LogP contribution in [0.15, 0.2) is 78.9 Å². The summed E-state index contributed by atoms with van der Waals surface area (Å²) >= 11 is 0. The predicted octanol–water partition coefficient (Wildman–Crippen LogP) is 4.11. The smallest absolute Gasteiger partial charge is 0.255 e. The van der Waals surface area contributed by atoms with Gasteiger partial charge in [0, 0.05) is 30.5 Å². The Kier molecular flexibility index (Phi) is 6.97. The highest BCUT2D eigenvalue weighted by Crippen LogP contribution is 2.23. The van der Waals surface area contributed by atoms with E-state index in [4.69, 9.17) is 9.47 Å². The van der Waals surface area contributed by atoms with Gasteiger partial charge in [-0.2, -0.15) is 0 Å². The van der Waals surface area contributed by atoms with Crippen molar-refractivity contribution in [3.8, 4) is 11.5 Å². The number of methoxy groups -OCH3 is 1. The van der Waals surface area contributed by atoms with Crippen molar-refractivity contribution >= 4 is 17.5 Å². The molecule has 2 amide bonds. The monoisotopic (exact) mass is 390 g/mol. The molecule has 2 N–H and O–H groups in total. The Morgan fingerprint density at radius 1 is 0.793 bits per heavy atom. The van der Waals surface area contributed by atoms with Gasteiger partial charge in [-0.05, 0) is 54.6 Å². The third-order valence-corrected chi connectivity index (χ3v) is 4.07. The highest BCUT2D eigenvalue weighted by molar-refractivity contribution is 6.06. The highest BCUT2D eigenvalue weighted by atomic mass is 16.5. The first kappa shape index (κ1) is 20.1. The molecule has 3 aromatic rings. The SMILES string of the molecule is COCCNC(=O)c1cccc(C(=O)Nc2ccc(Oc3ccccc3)cc2)c1. The van der Waals surface area contributed by atoms with E-state index >= 15 is 0 Å². The first-order valence-corrected chi connectivity index (χ1v) is 9.17. The Hall–Kier alpha value is -3.64. The van der Waals surface area contributed by atoms with Crippen molar-refractivity contribution in [2.45, 2.75) is 0 Å². The molecule has 6 heteroatoms. The molecule has 0 unspecified atom stereocenters. The molecule has 3 rings (SSSR count). The van der Waals surface area contributed by atoms with E-state index in [1.54, 1.807) is 55.6 Å². The number of benzene rings is 3. The van der Waals surface area contributed by atoms with Gasteiger partial charge in [0.15, 0.2) is 0 Å². The van der Waals surface area contributed by atoms with Gasteiger partial charge in [-0.1, -0.05) is 24.3 Å². The Labute approximate surface area is 169 Å². The van der Waals surface area contributed by atoms with E-state index in [0.717, 1.165) is 5.75 Å². The van der Waals surface area contributed by atoms with Gasteiger partial charge in [-0.15, -0.1) is 0 Å². The minimum absolute atomic E-state index is 0.251. The van der Waals surface area contributed by atoms with Crippen LogP contribution in [0.1, 0.15) is 20.7 Å². The minimum atomic E-state index is -0.298. The normalized spacial score (nSPS) is 10.2. The summed E-state index contributed by atoms with van der Waals surface area (Å²) in [5, 5.41) is 5.55. The Bertz CT molecular complexity index is 956. The van der Waals surface area contributed by atoms with E-state index in [2.05, 4.69) is 10.6 Å². The Balaban J connectivity index is 1.61. The fourth-order valence-electron chi connectivity index (χ4n) is 2.60. The fourth-order valence-corrected chi connectivity index (χ4v) is 2.60. The molecule has 148 valence electrons. The number of ether oxygens (including phenoxy) is 2. The van der Waals surface area contributed by atoms with E-state index in [9.17, 15) is 9.59 Å². The maximum atomic E-state index is 12.5. The van der Waals surface area contributed by atoms with Gasteiger partial charge in [0.2, 0.25) is 0 Å². The first-order chi connectivity index (χ1) is 14.2. The molecule has 0 aromatic heterocycles. The maximum absolute atomic E-state index is 12.5. The van der Waals surface area contributed by atoms with E-state index in [1.807, 2.05) is 30.3 Å². The van der Waals surface area contributed by atoms with E-state index in [-0.39, 0.29) is 11.8 Å². The maximum Gasteiger partial charge on any atom is 0.255 e. The molecular weight excluding hydrogens is 368 g/mol. The molecular formula is C23H22N2O4. The van der Waals surface area contributed by atoms with E-state index in [1.165, 1.54) is 0 Å². The third kappa shape index (κ3) is 5.92. The topological polar surface area (TPSA) is 76.7 Å². The van der Waals surface area contributed by atoms with Crippen molar-refractivity contribution in [1.29, 1.82) is 0 Å². The van der Waals surface area contributed by atoms with Gasteiger partial charge in [0.25, 0.3) is 11.8 Å². The highest BCUT2D eigenvalue weighted by Gasteiger charge is 2.11. The van der Waals surface area contributed by atoms with Crippen LogP contribution in [0.3, 0.4) is 0 Å². The van der Waals surface area contributed by atoms with Gasteiger partial charge < -0.3 is 20.1 Å². The molecule has 6 nitrogen and oxygen atoms in total. The molecule has 3 aromatic carbocycles. The van der Waals surface area contributed by atoms with E-state index in [0.29, 0.717) is 35.7 Å². The molecule has 0 aliphatic carbocycles. The lowest BCUT2D eigenvalue weighted by Crippen LogP contribution is -2.27. The second-order valence-electron chi connectivity index (χ2n) is 6.22. The number of rotatable bonds is 8. The summed E-state index contributed by atoms with van der Waals surface area (Å²) in [4.78, 5) is 24.7. The van der Waals surface area contributed by atoms with Gasteiger partial charge in [-0.25, -0.2) is 0 Å². The minimum Gasteiger partial charge on any atom is -0.457 e. The van der Waals surface area contributed by atoms with Crippen molar-refractivity contribution in [2.75, 3.05) is 25.6 Å². The summed E-state index contributed by atoms with van der Waals surface area (Å²) in [5.74, 6) is 0.862. The van der Waals surface area contributed by atoms with Crippen molar-refractivity contribution in [1.82, 2.24) is 5.32 Å². The summed E-state index contributed by atoms with van der Waals surface area (Å²) in [5.41, 5.74) is 1.44. The van der Waals surface area contributed by atoms with Crippen LogP contribution < -0.4 is 15.4 Å². The molecule has 0 radical (unpaired) electrons. The van der Waals surface area contributed by atoms with Gasteiger partial charge >= 0.3 is 0 Å². The van der Waals surface area contributed by atoms with Gasteiger partial charge in [0.05, 0.1) is 6.61 Å². The van der Waals surface area contributed by atoms with Gasteiger partial charge in [-0.3, -0.25) is 9.59 Å². The van der Waals surface area contributed by atoms with Crippen molar-refractivity contribution < 1.29 is 19.1 Å². The third-order valence-electron chi connectivity index (χ3n) is 4.07. The second-order valence-corrected chi connectivity index (χ2v) is 6.22. The zero-order chi connectivity index (χ0) is 20.5.